The van der Waals surface area contributed by atoms with Crippen molar-refractivity contribution in [3.05, 3.63) is 99.3 Å². The van der Waals surface area contributed by atoms with Gasteiger partial charge in [-0.05, 0) is 54.6 Å². The van der Waals surface area contributed by atoms with Crippen LogP contribution in [-0.2, 0) is 0 Å². The second kappa shape index (κ2) is 14.5. The molecule has 11 heteroatoms. The molecular formula is C37H34O11. The Bertz CT molecular complexity index is 2180. The molecule has 4 aromatic carbocycles. The average Bonchev–Trinajstić information content (AvgIpc) is 3.13. The van der Waals surface area contributed by atoms with Crippen molar-refractivity contribution in [2.75, 3.05) is 49.8 Å². The highest BCUT2D eigenvalue weighted by atomic mass is 16.5. The number of rotatable bonds is 9. The van der Waals surface area contributed by atoms with Crippen LogP contribution in [0.15, 0.2) is 97.3 Å². The van der Waals surface area contributed by atoms with Crippen LogP contribution in [-0.4, -0.2) is 49.8 Å². The van der Waals surface area contributed by atoms with Crippen molar-refractivity contribution < 1.29 is 42.0 Å². The van der Waals surface area contributed by atoms with Gasteiger partial charge in [-0.2, -0.15) is 0 Å². The molecule has 0 radical (unpaired) electrons. The van der Waals surface area contributed by atoms with E-state index in [9.17, 15) is 9.59 Å². The van der Waals surface area contributed by atoms with Gasteiger partial charge >= 0.3 is 0 Å². The first-order valence-corrected chi connectivity index (χ1v) is 14.5. The summed E-state index contributed by atoms with van der Waals surface area (Å²) in [6, 6.07) is 22.4. The molecule has 248 valence electrons. The lowest BCUT2D eigenvalue weighted by atomic mass is 10.1. The number of hydrogen-bond acceptors (Lipinski definition) is 11. The van der Waals surface area contributed by atoms with Gasteiger partial charge in [0.05, 0.1) is 60.7 Å². The third kappa shape index (κ3) is 6.43. The van der Waals surface area contributed by atoms with Crippen LogP contribution in [0.2, 0.25) is 0 Å². The molecule has 0 aliphatic heterocycles. The molecule has 0 saturated heterocycles. The van der Waals surface area contributed by atoms with E-state index in [0.717, 1.165) is 11.3 Å². The Hall–Kier alpha value is -6.10. The molecule has 6 rings (SSSR count). The van der Waals surface area contributed by atoms with E-state index in [2.05, 4.69) is 0 Å². The highest BCUT2D eigenvalue weighted by molar-refractivity contribution is 5.87. The van der Waals surface area contributed by atoms with Gasteiger partial charge < -0.3 is 42.0 Å². The number of fused-ring (bicyclic) bond motifs is 2. The van der Waals surface area contributed by atoms with Crippen molar-refractivity contribution in [2.45, 2.75) is 0 Å². The van der Waals surface area contributed by atoms with E-state index >= 15 is 0 Å². The zero-order valence-corrected chi connectivity index (χ0v) is 27.5. The van der Waals surface area contributed by atoms with Crippen molar-refractivity contribution in [1.29, 1.82) is 0 Å². The van der Waals surface area contributed by atoms with Crippen LogP contribution in [0.5, 0.6) is 40.2 Å². The van der Waals surface area contributed by atoms with Gasteiger partial charge in [0.2, 0.25) is 11.2 Å². The van der Waals surface area contributed by atoms with Crippen molar-refractivity contribution in [3.63, 3.8) is 0 Å². The lowest BCUT2D eigenvalue weighted by Crippen LogP contribution is -2.08. The maximum Gasteiger partial charge on any atom is 0.235 e. The average molecular weight is 655 g/mol. The Labute approximate surface area is 275 Å². The van der Waals surface area contributed by atoms with Crippen LogP contribution in [0.3, 0.4) is 0 Å². The summed E-state index contributed by atoms with van der Waals surface area (Å²) in [5, 5.41) is 0.771. The van der Waals surface area contributed by atoms with Crippen molar-refractivity contribution in [2.24, 2.45) is 0 Å². The predicted octanol–water partition coefficient (Wildman–Crippen LogP) is 6.98. The van der Waals surface area contributed by atoms with Crippen molar-refractivity contribution in [3.8, 4) is 62.9 Å². The first-order valence-electron chi connectivity index (χ1n) is 14.5. The minimum atomic E-state index is -0.289. The molecule has 6 aromatic rings. The van der Waals surface area contributed by atoms with E-state index in [4.69, 9.17) is 42.0 Å². The normalized spacial score (nSPS) is 10.6. The Morgan fingerprint density at radius 2 is 1.19 bits per heavy atom. The maximum atomic E-state index is 12.9. The minimum Gasteiger partial charge on any atom is -0.497 e. The number of hydrogen-bond donors (Lipinski definition) is 0. The summed E-state index contributed by atoms with van der Waals surface area (Å²) < 4.78 is 48.8. The van der Waals surface area contributed by atoms with Crippen LogP contribution < -0.4 is 44.0 Å². The Balaban J connectivity index is 0.000000188. The maximum absolute atomic E-state index is 12.9. The van der Waals surface area contributed by atoms with Gasteiger partial charge in [0.25, 0.3) is 0 Å². The van der Waals surface area contributed by atoms with E-state index in [-0.39, 0.29) is 22.4 Å². The molecule has 48 heavy (non-hydrogen) atoms. The van der Waals surface area contributed by atoms with E-state index in [1.807, 2.05) is 24.3 Å². The molecule has 0 aliphatic carbocycles. The molecule has 0 bridgehead atoms. The molecule has 0 spiro atoms. The largest absolute Gasteiger partial charge is 0.497 e. The van der Waals surface area contributed by atoms with Crippen LogP contribution in [0.25, 0.3) is 44.6 Å². The Morgan fingerprint density at radius 3 is 1.81 bits per heavy atom. The second-order valence-corrected chi connectivity index (χ2v) is 10.1. The molecular weight excluding hydrogens is 620 g/mol. The smallest absolute Gasteiger partial charge is 0.235 e. The topological polar surface area (TPSA) is 125 Å². The molecule has 0 atom stereocenters. The lowest BCUT2D eigenvalue weighted by Gasteiger charge is -2.14. The molecule has 2 aromatic heterocycles. The monoisotopic (exact) mass is 654 g/mol. The highest BCUT2D eigenvalue weighted by Gasteiger charge is 2.22. The Kier molecular flexibility index (Phi) is 10.1. The fourth-order valence-electron chi connectivity index (χ4n) is 5.12. The fraction of sp³-hybridized carbons (Fsp3) is 0.189. The van der Waals surface area contributed by atoms with Gasteiger partial charge in [-0.1, -0.05) is 6.07 Å². The summed E-state index contributed by atoms with van der Waals surface area (Å²) in [6.45, 7) is 0. The first-order chi connectivity index (χ1) is 23.3. The number of methoxy groups -OCH3 is 7. The number of benzene rings is 4. The summed E-state index contributed by atoms with van der Waals surface area (Å²) in [5.74, 6) is 4.11. The van der Waals surface area contributed by atoms with Crippen LogP contribution in [0, 0.1) is 0 Å². The van der Waals surface area contributed by atoms with Gasteiger partial charge in [0.15, 0.2) is 22.7 Å². The first kappa shape index (κ1) is 33.3. The lowest BCUT2D eigenvalue weighted by molar-refractivity contribution is 0.354. The third-order valence-corrected chi connectivity index (χ3v) is 7.51. The molecule has 2 heterocycles. The third-order valence-electron chi connectivity index (χ3n) is 7.51. The van der Waals surface area contributed by atoms with Crippen LogP contribution >= 0.6 is 0 Å². The summed E-state index contributed by atoms with van der Waals surface area (Å²) in [5.41, 5.74) is 1.73. The molecule has 0 fully saturated rings. The van der Waals surface area contributed by atoms with Crippen LogP contribution in [0.1, 0.15) is 0 Å². The fourth-order valence-corrected chi connectivity index (χ4v) is 5.12. The van der Waals surface area contributed by atoms with E-state index in [0.29, 0.717) is 62.0 Å². The molecule has 0 saturated carbocycles. The Morgan fingerprint density at radius 1 is 0.521 bits per heavy atom. The predicted molar refractivity (Wildman–Crippen MR) is 182 cm³/mol. The van der Waals surface area contributed by atoms with Crippen molar-refractivity contribution >= 4 is 21.9 Å². The van der Waals surface area contributed by atoms with Gasteiger partial charge in [-0.15, -0.1) is 0 Å². The molecule has 0 aliphatic rings. The van der Waals surface area contributed by atoms with E-state index < -0.39 is 0 Å². The molecule has 0 unspecified atom stereocenters. The van der Waals surface area contributed by atoms with Crippen molar-refractivity contribution in [1.82, 2.24) is 0 Å². The second-order valence-electron chi connectivity index (χ2n) is 10.1. The zero-order chi connectivity index (χ0) is 34.4. The standard InChI is InChI=1S/C19H18O6.C18H16O5/c1-21-11-8-9-14-13(10-11)16(20)19(24-4)18(25-14)12-6-5-7-15(22-2)17(12)23-3;1-20-12-6-4-11(5-7-12)15-10-14(19)18-16(22-3)8-13(21-2)9-17(18)23-15/h5-10H,1-4H3;4-10H,1-3H3. The summed E-state index contributed by atoms with van der Waals surface area (Å²) in [6.07, 6.45) is 0. The van der Waals surface area contributed by atoms with Gasteiger partial charge in [0.1, 0.15) is 45.3 Å². The van der Waals surface area contributed by atoms with Crippen LogP contribution in [0.4, 0.5) is 0 Å². The van der Waals surface area contributed by atoms with E-state index in [1.165, 1.54) is 34.5 Å². The number of ether oxygens (including phenoxy) is 7. The molecule has 0 amide bonds. The number of para-hydroxylation sites is 1. The highest BCUT2D eigenvalue weighted by Crippen LogP contribution is 2.42. The van der Waals surface area contributed by atoms with E-state index in [1.54, 1.807) is 69.9 Å². The minimum absolute atomic E-state index is 0.0901. The summed E-state index contributed by atoms with van der Waals surface area (Å²) in [7, 11) is 10.7. The van der Waals surface area contributed by atoms with Gasteiger partial charge in [0, 0.05) is 23.8 Å². The molecule has 11 nitrogen and oxygen atoms in total. The summed E-state index contributed by atoms with van der Waals surface area (Å²) >= 11 is 0. The quantitative estimate of drug-likeness (QED) is 0.160. The zero-order valence-electron chi connectivity index (χ0n) is 27.5. The molecule has 0 N–H and O–H groups in total. The summed E-state index contributed by atoms with van der Waals surface area (Å²) in [4.78, 5) is 25.3. The SMILES string of the molecule is COc1ccc(-c2cc(=O)c3c(OC)cc(OC)cc3o2)cc1.COc1ccc2oc(-c3cccc(OC)c3OC)c(OC)c(=O)c2c1. The van der Waals surface area contributed by atoms with Gasteiger partial charge in [-0.25, -0.2) is 0 Å². The van der Waals surface area contributed by atoms with Gasteiger partial charge in [-0.3, -0.25) is 9.59 Å².